The van der Waals surface area contributed by atoms with Crippen LogP contribution in [0.15, 0.2) is 24.3 Å². The number of aryl methyl sites for hydroxylation is 1. The van der Waals surface area contributed by atoms with Gasteiger partial charge in [0, 0.05) is 11.5 Å². The van der Waals surface area contributed by atoms with Gasteiger partial charge in [0.25, 0.3) is 0 Å². The van der Waals surface area contributed by atoms with Crippen molar-refractivity contribution in [2.45, 2.75) is 6.92 Å². The fraction of sp³-hybridized carbons (Fsp3) is 0.100. The normalized spacial score (nSPS) is 7.64. The summed E-state index contributed by atoms with van der Waals surface area (Å²) in [5, 5.41) is 8.17. The second kappa shape index (κ2) is 3.44. The van der Waals surface area contributed by atoms with E-state index in [1.54, 1.807) is 6.07 Å². The average Bonchev–Trinajstić information content (AvgIpc) is 2.01. The van der Waals surface area contributed by atoms with Gasteiger partial charge in [-0.2, -0.15) is 5.26 Å². The molecule has 1 nitrogen and oxygen atoms in total. The number of nitrogens with zero attached hydrogens (tertiary/aromatic N) is 1. The van der Waals surface area contributed by atoms with E-state index >= 15 is 0 Å². The molecule has 1 aromatic carbocycles. The number of nitriles is 1. The van der Waals surface area contributed by atoms with E-state index in [4.69, 9.17) is 5.26 Å². The van der Waals surface area contributed by atoms with E-state index < -0.39 is 0 Å². The Labute approximate surface area is 66.3 Å². The predicted molar refractivity (Wildman–Crippen MR) is 43.7 cm³/mol. The lowest BCUT2D eigenvalue weighted by Gasteiger charge is -1.90. The molecular formula is C10H7N. The van der Waals surface area contributed by atoms with Crippen LogP contribution in [0.3, 0.4) is 0 Å². The monoisotopic (exact) mass is 141 g/mol. The van der Waals surface area contributed by atoms with E-state index in [2.05, 4.69) is 11.8 Å². The van der Waals surface area contributed by atoms with Crippen LogP contribution in [0.2, 0.25) is 0 Å². The summed E-state index contributed by atoms with van der Waals surface area (Å²) in [5.74, 6) is 5.07. The second-order valence-corrected chi connectivity index (χ2v) is 2.23. The Bertz CT molecular complexity index is 347. The van der Waals surface area contributed by atoms with Crippen molar-refractivity contribution in [3.63, 3.8) is 0 Å². The standard InChI is InChI=1S/C10H7N/c1-9-4-2-5-10(8-9)6-3-7-11/h2,4-5,8H,1H3. The first-order valence-corrected chi connectivity index (χ1v) is 3.29. The van der Waals surface area contributed by atoms with E-state index in [0.717, 1.165) is 11.1 Å². The van der Waals surface area contributed by atoms with Gasteiger partial charge in [-0.25, -0.2) is 0 Å². The molecule has 0 aromatic heterocycles. The van der Waals surface area contributed by atoms with Gasteiger partial charge in [-0.1, -0.05) is 18.1 Å². The Morgan fingerprint density at radius 1 is 1.36 bits per heavy atom. The molecule has 0 saturated carbocycles. The Hall–Kier alpha value is -1.73. The van der Waals surface area contributed by atoms with Crippen LogP contribution in [0.4, 0.5) is 0 Å². The number of hydrogen-bond acceptors (Lipinski definition) is 1. The molecule has 11 heavy (non-hydrogen) atoms. The minimum atomic E-state index is 0.895. The molecule has 52 valence electrons. The number of benzene rings is 1. The molecule has 0 heterocycles. The summed E-state index contributed by atoms with van der Waals surface area (Å²) in [6.07, 6.45) is 0. The quantitative estimate of drug-likeness (QED) is 0.506. The van der Waals surface area contributed by atoms with Gasteiger partial charge in [0.15, 0.2) is 6.07 Å². The number of hydrogen-bond donors (Lipinski definition) is 0. The third kappa shape index (κ3) is 2.16. The summed E-state index contributed by atoms with van der Waals surface area (Å²) in [6.45, 7) is 2.00. The Morgan fingerprint density at radius 3 is 2.82 bits per heavy atom. The van der Waals surface area contributed by atoms with Gasteiger partial charge in [0.2, 0.25) is 0 Å². The Morgan fingerprint density at radius 2 is 2.18 bits per heavy atom. The van der Waals surface area contributed by atoms with Crippen LogP contribution in [0, 0.1) is 30.1 Å². The highest BCUT2D eigenvalue weighted by molar-refractivity contribution is 5.39. The molecule has 0 aliphatic heterocycles. The van der Waals surface area contributed by atoms with Gasteiger partial charge in [-0.3, -0.25) is 0 Å². The van der Waals surface area contributed by atoms with Crippen LogP contribution in [0.25, 0.3) is 0 Å². The second-order valence-electron chi connectivity index (χ2n) is 2.23. The van der Waals surface area contributed by atoms with E-state index in [1.165, 1.54) is 0 Å². The van der Waals surface area contributed by atoms with Gasteiger partial charge < -0.3 is 0 Å². The number of rotatable bonds is 0. The van der Waals surface area contributed by atoms with Gasteiger partial charge in [-0.15, -0.1) is 0 Å². The van der Waals surface area contributed by atoms with Gasteiger partial charge >= 0.3 is 0 Å². The highest BCUT2D eigenvalue weighted by atomic mass is 14.2. The van der Waals surface area contributed by atoms with Crippen LogP contribution in [-0.4, -0.2) is 0 Å². The molecule has 1 rings (SSSR count). The molecule has 0 amide bonds. The lowest BCUT2D eigenvalue weighted by Crippen LogP contribution is -1.74. The SMILES string of the molecule is Cc1cccc(C#CC#N)c1. The molecule has 0 fully saturated rings. The highest BCUT2D eigenvalue weighted by Crippen LogP contribution is 2.01. The van der Waals surface area contributed by atoms with Crippen molar-refractivity contribution >= 4 is 0 Å². The maximum atomic E-state index is 8.17. The maximum absolute atomic E-state index is 8.17. The maximum Gasteiger partial charge on any atom is 0.152 e. The van der Waals surface area contributed by atoms with Crippen molar-refractivity contribution in [2.75, 3.05) is 0 Å². The topological polar surface area (TPSA) is 23.8 Å². The van der Waals surface area contributed by atoms with Crippen molar-refractivity contribution < 1.29 is 0 Å². The zero-order valence-electron chi connectivity index (χ0n) is 6.26. The summed E-state index contributed by atoms with van der Waals surface area (Å²) in [5.41, 5.74) is 2.06. The third-order valence-electron chi connectivity index (χ3n) is 1.28. The average molecular weight is 141 g/mol. The van der Waals surface area contributed by atoms with Crippen molar-refractivity contribution in [2.24, 2.45) is 0 Å². The molecule has 0 radical (unpaired) electrons. The van der Waals surface area contributed by atoms with Crippen LogP contribution < -0.4 is 0 Å². The smallest absolute Gasteiger partial charge is 0.152 e. The predicted octanol–water partition coefficient (Wildman–Crippen LogP) is 1.87. The molecule has 0 atom stereocenters. The van der Waals surface area contributed by atoms with Gasteiger partial charge in [0.1, 0.15) is 0 Å². The van der Waals surface area contributed by atoms with Crippen LogP contribution in [0.5, 0.6) is 0 Å². The molecule has 0 spiro atoms. The van der Waals surface area contributed by atoms with E-state index in [9.17, 15) is 0 Å². The van der Waals surface area contributed by atoms with E-state index in [1.807, 2.05) is 31.2 Å². The summed E-state index contributed by atoms with van der Waals surface area (Å²) in [6, 6.07) is 9.53. The van der Waals surface area contributed by atoms with Crippen molar-refractivity contribution in [3.05, 3.63) is 35.4 Å². The molecule has 0 unspecified atom stereocenters. The molecule has 0 bridgehead atoms. The fourth-order valence-corrected chi connectivity index (χ4v) is 0.823. The van der Waals surface area contributed by atoms with E-state index in [-0.39, 0.29) is 0 Å². The minimum absolute atomic E-state index is 0.895. The molecule has 0 N–H and O–H groups in total. The minimum Gasteiger partial charge on any atom is -0.183 e. The largest absolute Gasteiger partial charge is 0.183 e. The van der Waals surface area contributed by atoms with E-state index in [0.29, 0.717) is 0 Å². The van der Waals surface area contributed by atoms with Crippen LogP contribution >= 0.6 is 0 Å². The van der Waals surface area contributed by atoms with Crippen LogP contribution in [-0.2, 0) is 0 Å². The molecule has 1 heteroatoms. The van der Waals surface area contributed by atoms with Crippen LogP contribution in [0.1, 0.15) is 11.1 Å². The Balaban J connectivity index is 2.99. The molecular weight excluding hydrogens is 134 g/mol. The lowest BCUT2D eigenvalue weighted by molar-refractivity contribution is 1.45. The first-order valence-electron chi connectivity index (χ1n) is 3.29. The molecule has 1 aromatic rings. The third-order valence-corrected chi connectivity index (χ3v) is 1.28. The fourth-order valence-electron chi connectivity index (χ4n) is 0.823. The molecule has 0 aliphatic carbocycles. The summed E-state index contributed by atoms with van der Waals surface area (Å²) in [7, 11) is 0. The summed E-state index contributed by atoms with van der Waals surface area (Å²) < 4.78 is 0. The first kappa shape index (κ1) is 7.38. The highest BCUT2D eigenvalue weighted by Gasteiger charge is 1.85. The van der Waals surface area contributed by atoms with Crippen molar-refractivity contribution in [3.8, 4) is 17.9 Å². The lowest BCUT2D eigenvalue weighted by atomic mass is 10.1. The van der Waals surface area contributed by atoms with Gasteiger partial charge in [0.05, 0.1) is 0 Å². The zero-order chi connectivity index (χ0) is 8.10. The first-order chi connectivity index (χ1) is 5.33. The van der Waals surface area contributed by atoms with Gasteiger partial charge in [-0.05, 0) is 24.6 Å². The van der Waals surface area contributed by atoms with Crippen molar-refractivity contribution in [1.82, 2.24) is 0 Å². The van der Waals surface area contributed by atoms with Crippen molar-refractivity contribution in [1.29, 1.82) is 5.26 Å². The molecule has 0 aliphatic rings. The zero-order valence-corrected chi connectivity index (χ0v) is 6.26. The Kier molecular flexibility index (Phi) is 2.31. The summed E-state index contributed by atoms with van der Waals surface area (Å²) >= 11 is 0. The molecule has 0 saturated heterocycles. The summed E-state index contributed by atoms with van der Waals surface area (Å²) in [4.78, 5) is 0.